The van der Waals surface area contributed by atoms with E-state index in [1.807, 2.05) is 19.1 Å². The molecule has 0 atom stereocenters. The average Bonchev–Trinajstić information content (AvgIpc) is 2.65. The molecular formula is C22H21ClFNO. The van der Waals surface area contributed by atoms with Crippen LogP contribution in [-0.4, -0.2) is 18.2 Å². The lowest BCUT2D eigenvalue weighted by molar-refractivity contribution is 0.0846. The lowest BCUT2D eigenvalue weighted by Crippen LogP contribution is -2.16. The fourth-order valence-electron chi connectivity index (χ4n) is 3.78. The lowest BCUT2D eigenvalue weighted by Gasteiger charge is -2.25. The van der Waals surface area contributed by atoms with E-state index in [-0.39, 0.29) is 5.82 Å². The first-order chi connectivity index (χ1) is 12.5. The van der Waals surface area contributed by atoms with Gasteiger partial charge in [0.25, 0.3) is 0 Å². The number of aromatic nitrogens is 1. The Bertz CT molecular complexity index is 980. The molecule has 4 rings (SSSR count). The Morgan fingerprint density at radius 1 is 1.04 bits per heavy atom. The van der Waals surface area contributed by atoms with Gasteiger partial charge < -0.3 is 4.74 Å². The van der Waals surface area contributed by atoms with Gasteiger partial charge in [0.15, 0.2) is 0 Å². The fourth-order valence-corrected chi connectivity index (χ4v) is 4.02. The highest BCUT2D eigenvalue weighted by Gasteiger charge is 2.24. The summed E-state index contributed by atoms with van der Waals surface area (Å²) in [6, 6.07) is 11.5. The maximum Gasteiger partial charge on any atom is 0.137 e. The number of benzene rings is 2. The van der Waals surface area contributed by atoms with Gasteiger partial charge in [0.2, 0.25) is 0 Å². The molecule has 0 aliphatic carbocycles. The van der Waals surface area contributed by atoms with Crippen molar-refractivity contribution in [1.82, 2.24) is 4.98 Å². The number of pyridine rings is 1. The Hall–Kier alpha value is -1.97. The van der Waals surface area contributed by atoms with E-state index >= 15 is 0 Å². The molecule has 1 saturated heterocycles. The summed E-state index contributed by atoms with van der Waals surface area (Å²) >= 11 is 6.57. The number of aryl methyl sites for hydroxylation is 2. The minimum absolute atomic E-state index is 0.191. The van der Waals surface area contributed by atoms with Crippen molar-refractivity contribution < 1.29 is 9.13 Å². The number of halogens is 2. The van der Waals surface area contributed by atoms with Crippen LogP contribution in [0.3, 0.4) is 0 Å². The summed E-state index contributed by atoms with van der Waals surface area (Å²) in [5.41, 5.74) is 4.83. The van der Waals surface area contributed by atoms with Crippen molar-refractivity contribution in [3.63, 3.8) is 0 Å². The summed E-state index contributed by atoms with van der Waals surface area (Å²) in [4.78, 5) is 4.81. The first-order valence-electron chi connectivity index (χ1n) is 8.98. The Kier molecular flexibility index (Phi) is 4.68. The van der Waals surface area contributed by atoms with E-state index in [0.717, 1.165) is 59.2 Å². The Morgan fingerprint density at radius 3 is 2.54 bits per heavy atom. The second kappa shape index (κ2) is 6.98. The zero-order valence-electron chi connectivity index (χ0n) is 15.0. The quantitative estimate of drug-likeness (QED) is 0.501. The molecule has 0 bridgehead atoms. The van der Waals surface area contributed by atoms with Gasteiger partial charge in [0, 0.05) is 30.1 Å². The van der Waals surface area contributed by atoms with E-state index < -0.39 is 0 Å². The van der Waals surface area contributed by atoms with Gasteiger partial charge >= 0.3 is 0 Å². The summed E-state index contributed by atoms with van der Waals surface area (Å²) in [5, 5.41) is 2.55. The molecule has 1 aliphatic heterocycles. The number of rotatable bonds is 2. The first kappa shape index (κ1) is 17.4. The molecule has 2 nitrogen and oxygen atoms in total. The predicted molar refractivity (Wildman–Crippen MR) is 104 cm³/mol. The molecule has 1 fully saturated rings. The van der Waals surface area contributed by atoms with Gasteiger partial charge in [0.05, 0.1) is 5.69 Å². The summed E-state index contributed by atoms with van der Waals surface area (Å²) in [5.74, 6) is 0.107. The zero-order valence-corrected chi connectivity index (χ0v) is 15.7. The normalized spacial score (nSPS) is 15.5. The summed E-state index contributed by atoms with van der Waals surface area (Å²) in [7, 11) is 0. The highest BCUT2D eigenvalue weighted by Crippen LogP contribution is 2.41. The van der Waals surface area contributed by atoms with Crippen LogP contribution in [0, 0.1) is 19.7 Å². The van der Waals surface area contributed by atoms with Crippen molar-refractivity contribution in [2.45, 2.75) is 32.6 Å². The van der Waals surface area contributed by atoms with Crippen molar-refractivity contribution in [2.75, 3.05) is 13.2 Å². The van der Waals surface area contributed by atoms with Crippen LogP contribution in [0.4, 0.5) is 4.39 Å². The van der Waals surface area contributed by atoms with Gasteiger partial charge in [-0.25, -0.2) is 9.37 Å². The molecule has 3 aromatic rings. The summed E-state index contributed by atoms with van der Waals surface area (Å²) < 4.78 is 19.4. The monoisotopic (exact) mass is 369 g/mol. The van der Waals surface area contributed by atoms with Crippen LogP contribution >= 0.6 is 11.6 Å². The maximum absolute atomic E-state index is 13.8. The molecule has 0 spiro atoms. The van der Waals surface area contributed by atoms with Gasteiger partial charge in [-0.3, -0.25) is 0 Å². The van der Waals surface area contributed by atoms with E-state index in [4.69, 9.17) is 21.3 Å². The van der Waals surface area contributed by atoms with Gasteiger partial charge in [-0.1, -0.05) is 35.4 Å². The van der Waals surface area contributed by atoms with Crippen molar-refractivity contribution in [3.05, 3.63) is 64.2 Å². The molecule has 1 aliphatic rings. The maximum atomic E-state index is 13.8. The van der Waals surface area contributed by atoms with Crippen molar-refractivity contribution >= 4 is 22.4 Å². The van der Waals surface area contributed by atoms with Crippen LogP contribution in [0.15, 0.2) is 36.4 Å². The Balaban J connectivity index is 2.02. The highest BCUT2D eigenvalue weighted by molar-refractivity contribution is 6.34. The molecule has 134 valence electrons. The zero-order chi connectivity index (χ0) is 18.3. The minimum atomic E-state index is -0.191. The first-order valence-corrected chi connectivity index (χ1v) is 9.36. The lowest BCUT2D eigenvalue weighted by atomic mass is 9.87. The van der Waals surface area contributed by atoms with Crippen LogP contribution in [0.1, 0.15) is 35.6 Å². The number of nitrogens with zero attached hydrogens (tertiary/aromatic N) is 1. The van der Waals surface area contributed by atoms with Crippen molar-refractivity contribution in [3.8, 4) is 11.1 Å². The molecular weight excluding hydrogens is 349 g/mol. The average molecular weight is 370 g/mol. The summed E-state index contributed by atoms with van der Waals surface area (Å²) in [6.45, 7) is 5.31. The van der Waals surface area contributed by atoms with E-state index in [0.29, 0.717) is 16.6 Å². The Labute approximate surface area is 158 Å². The molecule has 2 aromatic carbocycles. The number of fused-ring (bicyclic) bond motifs is 1. The topological polar surface area (TPSA) is 22.1 Å². The second-order valence-corrected chi connectivity index (χ2v) is 7.42. The molecule has 4 heteroatoms. The Morgan fingerprint density at radius 2 is 1.81 bits per heavy atom. The fraction of sp³-hybridized carbons (Fsp3) is 0.318. The van der Waals surface area contributed by atoms with E-state index in [9.17, 15) is 4.39 Å². The molecule has 0 unspecified atom stereocenters. The third-order valence-electron chi connectivity index (χ3n) is 5.20. The van der Waals surface area contributed by atoms with Gasteiger partial charge in [-0.05, 0) is 61.4 Å². The molecule has 0 N–H and O–H groups in total. The van der Waals surface area contributed by atoms with Crippen LogP contribution in [0.25, 0.3) is 21.9 Å². The molecule has 1 aromatic heterocycles. The molecule has 0 saturated carbocycles. The van der Waals surface area contributed by atoms with Gasteiger partial charge in [-0.15, -0.1) is 0 Å². The van der Waals surface area contributed by atoms with Crippen LogP contribution < -0.4 is 0 Å². The van der Waals surface area contributed by atoms with Crippen LogP contribution in [-0.2, 0) is 4.74 Å². The number of hydrogen-bond acceptors (Lipinski definition) is 2. The third kappa shape index (κ3) is 3.10. The smallest absolute Gasteiger partial charge is 0.137 e. The van der Waals surface area contributed by atoms with Crippen LogP contribution in [0.2, 0.25) is 5.15 Å². The summed E-state index contributed by atoms with van der Waals surface area (Å²) in [6.07, 6.45) is 1.85. The van der Waals surface area contributed by atoms with E-state index in [1.54, 1.807) is 6.92 Å². The largest absolute Gasteiger partial charge is 0.381 e. The molecule has 0 amide bonds. The van der Waals surface area contributed by atoms with E-state index in [1.165, 1.54) is 6.07 Å². The van der Waals surface area contributed by atoms with Crippen LogP contribution in [0.5, 0.6) is 0 Å². The predicted octanol–water partition coefficient (Wildman–Crippen LogP) is 6.21. The molecule has 0 radical (unpaired) electrons. The number of ether oxygens (including phenoxy) is 1. The standard InChI is InChI=1S/C22H21ClFNO/c1-13-3-5-17-18(11-13)22(23)25-21(15-7-9-26-10-8-15)20(17)16-4-6-19(24)14(2)12-16/h3-6,11-12,15H,7-10H2,1-2H3. The highest BCUT2D eigenvalue weighted by atomic mass is 35.5. The van der Waals surface area contributed by atoms with Gasteiger partial charge in [0.1, 0.15) is 11.0 Å². The minimum Gasteiger partial charge on any atom is -0.381 e. The molecule has 26 heavy (non-hydrogen) atoms. The number of hydrogen-bond donors (Lipinski definition) is 0. The third-order valence-corrected chi connectivity index (χ3v) is 5.48. The van der Waals surface area contributed by atoms with Gasteiger partial charge in [-0.2, -0.15) is 0 Å². The van der Waals surface area contributed by atoms with Crippen molar-refractivity contribution in [2.24, 2.45) is 0 Å². The van der Waals surface area contributed by atoms with Crippen molar-refractivity contribution in [1.29, 1.82) is 0 Å². The SMILES string of the molecule is Cc1ccc2c(-c3ccc(F)c(C)c3)c(C3CCOCC3)nc(Cl)c2c1. The second-order valence-electron chi connectivity index (χ2n) is 7.06. The van der Waals surface area contributed by atoms with E-state index in [2.05, 4.69) is 18.2 Å². The molecule has 2 heterocycles.